The van der Waals surface area contributed by atoms with Crippen LogP contribution in [-0.2, 0) is 9.53 Å². The number of ether oxygens (including phenoxy) is 1. The molecule has 3 amide bonds. The molecule has 96 valence electrons. The van der Waals surface area contributed by atoms with Crippen LogP contribution in [0.25, 0.3) is 0 Å². The Morgan fingerprint density at radius 2 is 2.11 bits per heavy atom. The predicted molar refractivity (Wildman–Crippen MR) is 69.0 cm³/mol. The zero-order chi connectivity index (χ0) is 13.1. The zero-order valence-corrected chi connectivity index (χ0v) is 11.4. The molecule has 1 aliphatic rings. The van der Waals surface area contributed by atoms with Crippen LogP contribution in [0.2, 0.25) is 0 Å². The van der Waals surface area contributed by atoms with E-state index in [0.29, 0.717) is 6.61 Å². The topological polar surface area (TPSA) is 58.6 Å². The van der Waals surface area contributed by atoms with Crippen LogP contribution < -0.4 is 5.32 Å². The molecule has 1 N–H and O–H groups in total. The Kier molecular flexibility index (Phi) is 3.98. The van der Waals surface area contributed by atoms with Crippen molar-refractivity contribution in [2.45, 2.75) is 6.04 Å². The Morgan fingerprint density at radius 1 is 1.39 bits per heavy atom. The number of nitrogens with zero attached hydrogens (tertiary/aromatic N) is 1. The molecule has 1 aromatic rings. The predicted octanol–water partition coefficient (Wildman–Crippen LogP) is 1.69. The van der Waals surface area contributed by atoms with Gasteiger partial charge >= 0.3 is 6.03 Å². The second-order valence-electron chi connectivity index (χ2n) is 3.89. The van der Waals surface area contributed by atoms with Gasteiger partial charge in [0, 0.05) is 11.6 Å². The van der Waals surface area contributed by atoms with Crippen molar-refractivity contribution in [3.8, 4) is 0 Å². The smallest absolute Gasteiger partial charge is 0.325 e. The van der Waals surface area contributed by atoms with Crippen molar-refractivity contribution in [2.75, 3.05) is 20.3 Å². The molecule has 0 saturated carbocycles. The van der Waals surface area contributed by atoms with E-state index in [1.165, 1.54) is 12.0 Å². The number of halogens is 1. The molecule has 1 aliphatic heterocycles. The van der Waals surface area contributed by atoms with Crippen LogP contribution in [0.5, 0.6) is 0 Å². The number of hydrogen-bond acceptors (Lipinski definition) is 3. The van der Waals surface area contributed by atoms with Crippen LogP contribution in [0, 0.1) is 0 Å². The van der Waals surface area contributed by atoms with E-state index in [1.54, 1.807) is 0 Å². The quantitative estimate of drug-likeness (QED) is 0.861. The summed E-state index contributed by atoms with van der Waals surface area (Å²) >= 11 is 3.38. The third-order valence-electron chi connectivity index (χ3n) is 2.76. The Balaban J connectivity index is 2.20. The molecule has 0 aromatic heterocycles. The Bertz CT molecular complexity index is 478. The third kappa shape index (κ3) is 2.39. The average Bonchev–Trinajstić information content (AvgIpc) is 2.63. The Labute approximate surface area is 113 Å². The maximum atomic E-state index is 12.1. The first-order valence-electron chi connectivity index (χ1n) is 5.50. The van der Waals surface area contributed by atoms with Gasteiger partial charge in [-0.25, -0.2) is 4.79 Å². The number of benzene rings is 1. The molecular formula is C12H13BrN2O3. The van der Waals surface area contributed by atoms with Crippen LogP contribution in [0.1, 0.15) is 11.6 Å². The van der Waals surface area contributed by atoms with Crippen LogP contribution in [0.4, 0.5) is 4.79 Å². The average molecular weight is 313 g/mol. The van der Waals surface area contributed by atoms with Gasteiger partial charge in [-0.1, -0.05) is 34.1 Å². The van der Waals surface area contributed by atoms with Gasteiger partial charge in [0.1, 0.15) is 6.04 Å². The number of hydrogen-bond donors (Lipinski definition) is 1. The first kappa shape index (κ1) is 13.0. The van der Waals surface area contributed by atoms with Gasteiger partial charge in [0.25, 0.3) is 5.91 Å². The molecule has 1 saturated heterocycles. The summed E-state index contributed by atoms with van der Waals surface area (Å²) in [5.41, 5.74) is 0.760. The van der Waals surface area contributed by atoms with Gasteiger partial charge in [-0.3, -0.25) is 9.69 Å². The lowest BCUT2D eigenvalue weighted by atomic mass is 10.1. The SMILES string of the molecule is COCCN1C(=O)N[C@H](c2ccccc2Br)C1=O. The Hall–Kier alpha value is -1.40. The lowest BCUT2D eigenvalue weighted by Gasteiger charge is -2.12. The van der Waals surface area contributed by atoms with Gasteiger partial charge in [-0.15, -0.1) is 0 Å². The van der Waals surface area contributed by atoms with Gasteiger partial charge in [0.05, 0.1) is 13.2 Å². The summed E-state index contributed by atoms with van der Waals surface area (Å²) in [6, 6.07) is 6.34. The van der Waals surface area contributed by atoms with Crippen molar-refractivity contribution < 1.29 is 14.3 Å². The molecule has 1 atom stereocenters. The fourth-order valence-electron chi connectivity index (χ4n) is 1.83. The van der Waals surface area contributed by atoms with Gasteiger partial charge in [-0.2, -0.15) is 0 Å². The summed E-state index contributed by atoms with van der Waals surface area (Å²) < 4.78 is 5.68. The van der Waals surface area contributed by atoms with Crippen molar-refractivity contribution in [1.82, 2.24) is 10.2 Å². The fraction of sp³-hybridized carbons (Fsp3) is 0.333. The number of carbonyl (C=O) groups excluding carboxylic acids is 2. The summed E-state index contributed by atoms with van der Waals surface area (Å²) in [4.78, 5) is 25.0. The number of nitrogens with one attached hydrogen (secondary N) is 1. The van der Waals surface area contributed by atoms with Crippen LogP contribution in [-0.4, -0.2) is 37.1 Å². The van der Waals surface area contributed by atoms with Crippen LogP contribution in [0.3, 0.4) is 0 Å². The van der Waals surface area contributed by atoms with Crippen LogP contribution >= 0.6 is 15.9 Å². The maximum Gasteiger partial charge on any atom is 0.325 e. The minimum absolute atomic E-state index is 0.246. The molecule has 2 rings (SSSR count). The van der Waals surface area contributed by atoms with E-state index in [9.17, 15) is 9.59 Å². The molecule has 1 fully saturated rings. The van der Waals surface area contributed by atoms with Gasteiger partial charge in [0.2, 0.25) is 0 Å². The molecule has 5 nitrogen and oxygen atoms in total. The minimum Gasteiger partial charge on any atom is -0.383 e. The molecule has 18 heavy (non-hydrogen) atoms. The molecular weight excluding hydrogens is 300 g/mol. The summed E-state index contributed by atoms with van der Waals surface area (Å²) in [5, 5.41) is 2.67. The Morgan fingerprint density at radius 3 is 2.78 bits per heavy atom. The van der Waals surface area contributed by atoms with E-state index >= 15 is 0 Å². The van der Waals surface area contributed by atoms with Crippen molar-refractivity contribution in [3.63, 3.8) is 0 Å². The van der Waals surface area contributed by atoms with Crippen molar-refractivity contribution >= 4 is 27.9 Å². The highest BCUT2D eigenvalue weighted by atomic mass is 79.9. The van der Waals surface area contributed by atoms with E-state index in [1.807, 2.05) is 24.3 Å². The van der Waals surface area contributed by atoms with Gasteiger partial charge in [-0.05, 0) is 11.6 Å². The van der Waals surface area contributed by atoms with E-state index in [2.05, 4.69) is 21.2 Å². The molecule has 6 heteroatoms. The molecule has 0 aliphatic carbocycles. The highest BCUT2D eigenvalue weighted by Crippen LogP contribution is 2.27. The second kappa shape index (κ2) is 5.49. The van der Waals surface area contributed by atoms with Gasteiger partial charge < -0.3 is 10.1 Å². The van der Waals surface area contributed by atoms with Crippen molar-refractivity contribution in [2.24, 2.45) is 0 Å². The van der Waals surface area contributed by atoms with Crippen molar-refractivity contribution in [3.05, 3.63) is 34.3 Å². The largest absolute Gasteiger partial charge is 0.383 e. The fourth-order valence-corrected chi connectivity index (χ4v) is 2.35. The highest BCUT2D eigenvalue weighted by molar-refractivity contribution is 9.10. The number of urea groups is 1. The molecule has 1 heterocycles. The molecule has 0 unspecified atom stereocenters. The summed E-state index contributed by atoms with van der Waals surface area (Å²) in [6.45, 7) is 0.601. The lowest BCUT2D eigenvalue weighted by molar-refractivity contribution is -0.128. The third-order valence-corrected chi connectivity index (χ3v) is 3.48. The summed E-state index contributed by atoms with van der Waals surface area (Å²) in [5.74, 6) is -0.246. The molecule has 0 bridgehead atoms. The minimum atomic E-state index is -0.620. The number of amides is 3. The van der Waals surface area contributed by atoms with E-state index in [0.717, 1.165) is 10.0 Å². The van der Waals surface area contributed by atoms with E-state index in [-0.39, 0.29) is 18.5 Å². The lowest BCUT2D eigenvalue weighted by Crippen LogP contribution is -2.33. The molecule has 1 aromatic carbocycles. The van der Waals surface area contributed by atoms with Crippen LogP contribution in [0.15, 0.2) is 28.7 Å². The van der Waals surface area contributed by atoms with E-state index in [4.69, 9.17) is 4.74 Å². The first-order chi connectivity index (χ1) is 8.65. The first-order valence-corrected chi connectivity index (χ1v) is 6.29. The number of methoxy groups -OCH3 is 1. The molecule has 0 radical (unpaired) electrons. The number of rotatable bonds is 4. The maximum absolute atomic E-state index is 12.1. The highest BCUT2D eigenvalue weighted by Gasteiger charge is 2.39. The monoisotopic (exact) mass is 312 g/mol. The molecule has 0 spiro atoms. The number of carbonyl (C=O) groups is 2. The normalized spacial score (nSPS) is 19.2. The van der Waals surface area contributed by atoms with Gasteiger partial charge in [0.15, 0.2) is 0 Å². The van der Waals surface area contributed by atoms with Crippen molar-refractivity contribution in [1.29, 1.82) is 0 Å². The standard InChI is InChI=1S/C12H13BrN2O3/c1-18-7-6-15-11(16)10(14-12(15)17)8-4-2-3-5-9(8)13/h2-5,10H,6-7H2,1H3,(H,14,17)/t10-/m1/s1. The number of imide groups is 1. The zero-order valence-electron chi connectivity index (χ0n) is 9.85. The summed E-state index contributed by atoms with van der Waals surface area (Å²) in [7, 11) is 1.53. The van der Waals surface area contributed by atoms with E-state index < -0.39 is 6.04 Å². The summed E-state index contributed by atoms with van der Waals surface area (Å²) in [6.07, 6.45) is 0. The second-order valence-corrected chi connectivity index (χ2v) is 4.74.